The standard InChI is InChI=1S/C16H17F3N4/c17-16(18,19)14-7-10-21-15(23-14)22-13-4-2-1-3-12(13)11-5-8-20-9-6-11/h1-4,7,10-11,20H,5-6,8-9H2,(H,21,22,23). The number of piperidine rings is 1. The molecule has 0 amide bonds. The second-order valence-corrected chi connectivity index (χ2v) is 5.50. The molecule has 1 aliphatic heterocycles. The van der Waals surface area contributed by atoms with E-state index in [0.29, 0.717) is 5.92 Å². The molecule has 4 nitrogen and oxygen atoms in total. The highest BCUT2D eigenvalue weighted by atomic mass is 19.4. The molecule has 1 fully saturated rings. The number of alkyl halides is 3. The number of para-hydroxylation sites is 1. The summed E-state index contributed by atoms with van der Waals surface area (Å²) in [6.07, 6.45) is -1.36. The largest absolute Gasteiger partial charge is 0.433 e. The van der Waals surface area contributed by atoms with Crippen molar-refractivity contribution in [2.24, 2.45) is 0 Å². The van der Waals surface area contributed by atoms with Gasteiger partial charge >= 0.3 is 6.18 Å². The van der Waals surface area contributed by atoms with Gasteiger partial charge in [-0.25, -0.2) is 9.97 Å². The summed E-state index contributed by atoms with van der Waals surface area (Å²) < 4.78 is 38.3. The normalized spacial score (nSPS) is 16.3. The van der Waals surface area contributed by atoms with Crippen LogP contribution >= 0.6 is 0 Å². The number of benzene rings is 1. The summed E-state index contributed by atoms with van der Waals surface area (Å²) in [4.78, 5) is 7.47. The third kappa shape index (κ3) is 3.79. The SMILES string of the molecule is FC(F)(F)c1ccnc(Nc2ccccc2C2CCNCC2)n1. The lowest BCUT2D eigenvalue weighted by atomic mass is 9.89. The zero-order chi connectivity index (χ0) is 16.3. The van der Waals surface area contributed by atoms with Crippen LogP contribution in [0.2, 0.25) is 0 Å². The van der Waals surface area contributed by atoms with Crippen LogP contribution in [0.4, 0.5) is 24.8 Å². The number of hydrogen-bond donors (Lipinski definition) is 2. The number of hydrogen-bond acceptors (Lipinski definition) is 4. The highest BCUT2D eigenvalue weighted by Crippen LogP contribution is 2.33. The second kappa shape index (κ2) is 6.54. The van der Waals surface area contributed by atoms with Gasteiger partial charge in [0, 0.05) is 11.9 Å². The van der Waals surface area contributed by atoms with Gasteiger partial charge in [0.05, 0.1) is 0 Å². The summed E-state index contributed by atoms with van der Waals surface area (Å²) in [5.41, 5.74) is 0.906. The highest BCUT2D eigenvalue weighted by Gasteiger charge is 2.32. The first-order valence-electron chi connectivity index (χ1n) is 7.51. The van der Waals surface area contributed by atoms with Crippen molar-refractivity contribution in [2.75, 3.05) is 18.4 Å². The van der Waals surface area contributed by atoms with E-state index in [1.807, 2.05) is 24.3 Å². The minimum atomic E-state index is -4.48. The Balaban J connectivity index is 1.86. The van der Waals surface area contributed by atoms with Gasteiger partial charge in [-0.15, -0.1) is 0 Å². The molecule has 0 atom stereocenters. The van der Waals surface area contributed by atoms with Crippen molar-refractivity contribution < 1.29 is 13.2 Å². The molecular formula is C16H17F3N4. The topological polar surface area (TPSA) is 49.8 Å². The third-order valence-corrected chi connectivity index (χ3v) is 3.93. The first-order chi connectivity index (χ1) is 11.0. The van der Waals surface area contributed by atoms with Crippen molar-refractivity contribution in [3.8, 4) is 0 Å². The van der Waals surface area contributed by atoms with Crippen LogP contribution in [0.1, 0.15) is 30.0 Å². The predicted molar refractivity (Wildman–Crippen MR) is 81.6 cm³/mol. The zero-order valence-electron chi connectivity index (χ0n) is 12.4. The molecule has 0 unspecified atom stereocenters. The molecule has 2 N–H and O–H groups in total. The molecular weight excluding hydrogens is 305 g/mol. The lowest BCUT2D eigenvalue weighted by molar-refractivity contribution is -0.141. The molecule has 0 bridgehead atoms. The van der Waals surface area contributed by atoms with Crippen molar-refractivity contribution in [1.29, 1.82) is 0 Å². The van der Waals surface area contributed by atoms with E-state index < -0.39 is 11.9 Å². The maximum absolute atomic E-state index is 12.8. The van der Waals surface area contributed by atoms with Crippen molar-refractivity contribution in [1.82, 2.24) is 15.3 Å². The van der Waals surface area contributed by atoms with E-state index in [0.717, 1.165) is 49.4 Å². The molecule has 0 spiro atoms. The summed E-state index contributed by atoms with van der Waals surface area (Å²) in [5.74, 6) is 0.340. The van der Waals surface area contributed by atoms with Gasteiger partial charge in [-0.05, 0) is 49.5 Å². The molecule has 0 saturated carbocycles. The number of nitrogens with one attached hydrogen (secondary N) is 2. The number of nitrogens with zero attached hydrogens (tertiary/aromatic N) is 2. The van der Waals surface area contributed by atoms with Gasteiger partial charge < -0.3 is 10.6 Å². The molecule has 2 aromatic rings. The summed E-state index contributed by atoms with van der Waals surface area (Å²) in [6, 6.07) is 8.51. The summed E-state index contributed by atoms with van der Waals surface area (Å²) in [7, 11) is 0. The van der Waals surface area contributed by atoms with Gasteiger partial charge in [-0.3, -0.25) is 0 Å². The molecule has 1 saturated heterocycles. The predicted octanol–water partition coefficient (Wildman–Crippen LogP) is 3.71. The molecule has 3 rings (SSSR count). The Morgan fingerprint density at radius 2 is 1.83 bits per heavy atom. The Bertz CT molecular complexity index is 666. The first-order valence-corrected chi connectivity index (χ1v) is 7.51. The fourth-order valence-corrected chi connectivity index (χ4v) is 2.80. The number of anilines is 2. The van der Waals surface area contributed by atoms with Gasteiger partial charge in [-0.2, -0.15) is 13.2 Å². The first kappa shape index (κ1) is 15.7. The Morgan fingerprint density at radius 3 is 2.57 bits per heavy atom. The average Bonchev–Trinajstić information content (AvgIpc) is 2.56. The van der Waals surface area contributed by atoms with Gasteiger partial charge in [-0.1, -0.05) is 18.2 Å². The van der Waals surface area contributed by atoms with Crippen LogP contribution in [0.15, 0.2) is 36.5 Å². The Morgan fingerprint density at radius 1 is 1.09 bits per heavy atom. The molecule has 2 heterocycles. The second-order valence-electron chi connectivity index (χ2n) is 5.50. The van der Waals surface area contributed by atoms with Crippen LogP contribution in [0.5, 0.6) is 0 Å². The molecule has 122 valence electrons. The van der Waals surface area contributed by atoms with Gasteiger partial charge in [0.1, 0.15) is 5.69 Å². The maximum atomic E-state index is 12.8. The number of halogens is 3. The van der Waals surface area contributed by atoms with E-state index in [9.17, 15) is 13.2 Å². The van der Waals surface area contributed by atoms with Crippen molar-refractivity contribution >= 4 is 11.6 Å². The van der Waals surface area contributed by atoms with Crippen LogP contribution in [-0.2, 0) is 6.18 Å². The number of aromatic nitrogens is 2. The Labute approximate surface area is 132 Å². The van der Waals surface area contributed by atoms with Crippen molar-refractivity contribution in [3.63, 3.8) is 0 Å². The van der Waals surface area contributed by atoms with Gasteiger partial charge in [0.15, 0.2) is 0 Å². The minimum Gasteiger partial charge on any atom is -0.324 e. The lowest BCUT2D eigenvalue weighted by Gasteiger charge is -2.25. The molecule has 23 heavy (non-hydrogen) atoms. The summed E-state index contributed by atoms with van der Waals surface area (Å²) in [6.45, 7) is 1.89. The fourth-order valence-electron chi connectivity index (χ4n) is 2.80. The van der Waals surface area contributed by atoms with E-state index >= 15 is 0 Å². The van der Waals surface area contributed by atoms with E-state index in [4.69, 9.17) is 0 Å². The van der Waals surface area contributed by atoms with Gasteiger partial charge in [0.2, 0.25) is 5.95 Å². The van der Waals surface area contributed by atoms with Crippen LogP contribution < -0.4 is 10.6 Å². The molecule has 1 aromatic heterocycles. The highest BCUT2D eigenvalue weighted by molar-refractivity contribution is 5.59. The summed E-state index contributed by atoms with van der Waals surface area (Å²) >= 11 is 0. The van der Waals surface area contributed by atoms with E-state index in [2.05, 4.69) is 20.6 Å². The van der Waals surface area contributed by atoms with Crippen LogP contribution in [0.3, 0.4) is 0 Å². The molecule has 1 aliphatic rings. The molecule has 7 heteroatoms. The fraction of sp³-hybridized carbons (Fsp3) is 0.375. The summed E-state index contributed by atoms with van der Waals surface area (Å²) in [5, 5.41) is 6.25. The average molecular weight is 322 g/mol. The maximum Gasteiger partial charge on any atom is 0.433 e. The van der Waals surface area contributed by atoms with Crippen molar-refractivity contribution in [3.05, 3.63) is 47.8 Å². The molecule has 1 aromatic carbocycles. The zero-order valence-corrected chi connectivity index (χ0v) is 12.4. The monoisotopic (exact) mass is 322 g/mol. The van der Waals surface area contributed by atoms with E-state index in [-0.39, 0.29) is 5.95 Å². The van der Waals surface area contributed by atoms with Crippen LogP contribution in [-0.4, -0.2) is 23.1 Å². The Kier molecular flexibility index (Phi) is 4.47. The van der Waals surface area contributed by atoms with Crippen LogP contribution in [0, 0.1) is 0 Å². The quantitative estimate of drug-likeness (QED) is 0.904. The Hall–Kier alpha value is -2.15. The smallest absolute Gasteiger partial charge is 0.324 e. The third-order valence-electron chi connectivity index (χ3n) is 3.93. The minimum absolute atomic E-state index is 0.0405. The van der Waals surface area contributed by atoms with E-state index in [1.54, 1.807) is 0 Å². The van der Waals surface area contributed by atoms with Gasteiger partial charge in [0.25, 0.3) is 0 Å². The van der Waals surface area contributed by atoms with Crippen LogP contribution in [0.25, 0.3) is 0 Å². The van der Waals surface area contributed by atoms with Crippen molar-refractivity contribution in [2.45, 2.75) is 24.9 Å². The number of rotatable bonds is 3. The molecule has 0 aliphatic carbocycles. The van der Waals surface area contributed by atoms with E-state index in [1.165, 1.54) is 0 Å². The molecule has 0 radical (unpaired) electrons. The lowest BCUT2D eigenvalue weighted by Crippen LogP contribution is -2.27.